The molecule has 0 aliphatic rings. The van der Waals surface area contributed by atoms with Gasteiger partial charge in [-0.3, -0.25) is 4.98 Å². The van der Waals surface area contributed by atoms with Crippen molar-refractivity contribution in [1.82, 2.24) is 20.4 Å². The van der Waals surface area contributed by atoms with Crippen molar-refractivity contribution >= 4 is 79.1 Å². The summed E-state index contributed by atoms with van der Waals surface area (Å²) in [5.74, 6) is 0. The van der Waals surface area contributed by atoms with E-state index in [0.29, 0.717) is 37.0 Å². The fourth-order valence-electron chi connectivity index (χ4n) is 2.36. The van der Waals surface area contributed by atoms with Crippen molar-refractivity contribution in [3.8, 4) is 0 Å². The first-order chi connectivity index (χ1) is 9.61. The Kier molecular flexibility index (Phi) is 2.60. The van der Waals surface area contributed by atoms with Crippen LogP contribution < -0.4 is 0 Å². The summed E-state index contributed by atoms with van der Waals surface area (Å²) in [6.07, 6.45) is 1.60. The molecule has 2 aromatic heterocycles. The number of pyridine rings is 1. The zero-order chi connectivity index (χ0) is 14.0. The van der Waals surface area contributed by atoms with E-state index in [9.17, 15) is 0 Å². The van der Waals surface area contributed by atoms with Crippen LogP contribution in [0.1, 0.15) is 0 Å². The maximum atomic E-state index is 6.30. The van der Waals surface area contributed by atoms with Crippen molar-refractivity contribution < 1.29 is 0 Å². The van der Waals surface area contributed by atoms with Crippen molar-refractivity contribution in [2.24, 2.45) is 0 Å². The van der Waals surface area contributed by atoms with E-state index in [0.717, 1.165) is 10.8 Å². The molecule has 0 saturated carbocycles. The molecule has 0 aliphatic heterocycles. The lowest BCUT2D eigenvalue weighted by molar-refractivity contribution is 0.918. The van der Waals surface area contributed by atoms with Crippen LogP contribution in [0.25, 0.3) is 32.7 Å². The number of hydrogen-bond donors (Lipinski definition) is 0. The van der Waals surface area contributed by atoms with Gasteiger partial charge < -0.3 is 0 Å². The topological polar surface area (TPSA) is 51.6 Å². The van der Waals surface area contributed by atoms with E-state index in [4.69, 9.17) is 46.4 Å². The van der Waals surface area contributed by atoms with E-state index in [1.54, 1.807) is 12.3 Å². The molecule has 0 saturated heterocycles. The normalized spacial score (nSPS) is 12.0. The fourth-order valence-corrected chi connectivity index (χ4v) is 3.30. The summed E-state index contributed by atoms with van der Waals surface area (Å²) in [4.78, 5) is 4.27. The Morgan fingerprint density at radius 2 is 1.30 bits per heavy atom. The van der Waals surface area contributed by atoms with Crippen molar-refractivity contribution in [2.75, 3.05) is 0 Å². The highest BCUT2D eigenvalue weighted by atomic mass is 35.5. The predicted molar refractivity (Wildman–Crippen MR) is 81.4 cm³/mol. The number of rotatable bonds is 0. The minimum Gasteiger partial charge on any atom is -0.255 e. The van der Waals surface area contributed by atoms with E-state index < -0.39 is 0 Å². The molecule has 20 heavy (non-hydrogen) atoms. The van der Waals surface area contributed by atoms with Gasteiger partial charge in [-0.15, -0.1) is 10.2 Å². The summed E-state index contributed by atoms with van der Waals surface area (Å²) in [6.45, 7) is 0. The van der Waals surface area contributed by atoms with E-state index in [2.05, 4.69) is 20.4 Å². The van der Waals surface area contributed by atoms with Crippen LogP contribution in [0.3, 0.4) is 0 Å². The number of halogens is 4. The van der Waals surface area contributed by atoms with Crippen molar-refractivity contribution in [2.45, 2.75) is 0 Å². The second-order valence-corrected chi connectivity index (χ2v) is 5.71. The summed E-state index contributed by atoms with van der Waals surface area (Å²) in [5, 5.41) is 15.0. The van der Waals surface area contributed by atoms with Gasteiger partial charge in [0.2, 0.25) is 0 Å². The molecule has 0 unspecified atom stereocenters. The molecule has 4 aromatic rings. The molecular weight excluding hydrogens is 342 g/mol. The predicted octanol–water partition coefficient (Wildman–Crippen LogP) is 4.78. The highest BCUT2D eigenvalue weighted by Gasteiger charge is 2.22. The summed E-state index contributed by atoms with van der Waals surface area (Å²) in [6, 6.07) is 1.76. The molecule has 2 aromatic carbocycles. The van der Waals surface area contributed by atoms with E-state index in [-0.39, 0.29) is 5.02 Å². The van der Waals surface area contributed by atoms with Gasteiger partial charge in [-0.25, -0.2) is 0 Å². The zero-order valence-corrected chi connectivity index (χ0v) is 12.5. The Hall–Kier alpha value is -1.20. The average molecular weight is 344 g/mol. The lowest BCUT2D eigenvalue weighted by atomic mass is 10.0. The first kappa shape index (κ1) is 12.5. The highest BCUT2D eigenvalue weighted by Crippen LogP contribution is 2.46. The molecular formula is C12H2Cl4N4. The van der Waals surface area contributed by atoms with E-state index in [1.807, 2.05) is 0 Å². The number of nitrogens with zero attached hydrogens (tertiary/aromatic N) is 4. The van der Waals surface area contributed by atoms with Crippen LogP contribution in [0.2, 0.25) is 20.1 Å². The third-order valence-electron chi connectivity index (χ3n) is 3.21. The molecule has 8 heteroatoms. The lowest BCUT2D eigenvalue weighted by Gasteiger charge is -2.13. The van der Waals surface area contributed by atoms with Crippen LogP contribution in [0, 0.1) is 0 Å². The van der Waals surface area contributed by atoms with Crippen LogP contribution in [-0.2, 0) is 0 Å². The van der Waals surface area contributed by atoms with E-state index >= 15 is 0 Å². The summed E-state index contributed by atoms with van der Waals surface area (Å²) < 4.78 is 0. The Bertz CT molecular complexity index is 848. The fraction of sp³-hybridized carbons (Fsp3) is 0. The van der Waals surface area contributed by atoms with Gasteiger partial charge in [0.05, 0.1) is 25.6 Å². The van der Waals surface area contributed by atoms with Crippen LogP contribution >= 0.6 is 46.4 Å². The molecule has 0 amide bonds. The largest absolute Gasteiger partial charge is 0.255 e. The van der Waals surface area contributed by atoms with Crippen LogP contribution in [-0.4, -0.2) is 20.4 Å². The lowest BCUT2D eigenvalue weighted by Crippen LogP contribution is -1.97. The smallest absolute Gasteiger partial charge is 0.118 e. The molecule has 98 valence electrons. The molecule has 0 radical (unpaired) electrons. The van der Waals surface area contributed by atoms with Gasteiger partial charge in [0.1, 0.15) is 11.0 Å². The van der Waals surface area contributed by atoms with E-state index in [1.165, 1.54) is 0 Å². The summed E-state index contributed by atoms with van der Waals surface area (Å²) in [7, 11) is 0. The first-order valence-electron chi connectivity index (χ1n) is 5.46. The second kappa shape index (κ2) is 4.15. The Morgan fingerprint density at radius 1 is 0.700 bits per heavy atom. The Morgan fingerprint density at radius 3 is 2.00 bits per heavy atom. The third-order valence-corrected chi connectivity index (χ3v) is 4.90. The molecule has 0 bridgehead atoms. The highest BCUT2D eigenvalue weighted by molar-refractivity contribution is 6.54. The molecule has 0 fully saturated rings. The quantitative estimate of drug-likeness (QED) is 0.431. The molecule has 2 heterocycles. The SMILES string of the molecule is Clc1c(Cl)c2nnnc3c(Cl)c(Cl)c4nccc1c4c23. The van der Waals surface area contributed by atoms with Gasteiger partial charge in [-0.05, 0) is 11.3 Å². The molecule has 0 aliphatic carbocycles. The van der Waals surface area contributed by atoms with Gasteiger partial charge in [-0.2, -0.15) is 0 Å². The van der Waals surface area contributed by atoms with Gasteiger partial charge in [-0.1, -0.05) is 46.4 Å². The van der Waals surface area contributed by atoms with Crippen molar-refractivity contribution in [3.05, 3.63) is 32.4 Å². The standard InChI is InChI=1S/C12H2Cl4N4/c13-6-3-1-2-17-10-4(3)5-11(7(6)14)18-20-19-12(5)9(16)8(10)15/h1-2H. The van der Waals surface area contributed by atoms with Crippen LogP contribution in [0.4, 0.5) is 0 Å². The molecule has 0 atom stereocenters. The van der Waals surface area contributed by atoms with Gasteiger partial charge in [0.15, 0.2) is 0 Å². The number of aromatic nitrogens is 4. The number of benzene rings is 2. The maximum Gasteiger partial charge on any atom is 0.118 e. The Labute approximate surface area is 131 Å². The second-order valence-electron chi connectivity index (χ2n) is 4.20. The van der Waals surface area contributed by atoms with Crippen molar-refractivity contribution in [1.29, 1.82) is 0 Å². The van der Waals surface area contributed by atoms with Gasteiger partial charge in [0.25, 0.3) is 0 Å². The van der Waals surface area contributed by atoms with Crippen molar-refractivity contribution in [3.63, 3.8) is 0 Å². The van der Waals surface area contributed by atoms with Crippen LogP contribution in [0.15, 0.2) is 12.3 Å². The minimum absolute atomic E-state index is 0.275. The van der Waals surface area contributed by atoms with Gasteiger partial charge >= 0.3 is 0 Å². The Balaban J connectivity index is 2.54. The third kappa shape index (κ3) is 1.40. The zero-order valence-electron chi connectivity index (χ0n) is 9.46. The molecule has 4 rings (SSSR count). The first-order valence-corrected chi connectivity index (χ1v) is 6.97. The summed E-state index contributed by atoms with van der Waals surface area (Å²) in [5.41, 5.74) is 1.41. The molecule has 4 nitrogen and oxygen atoms in total. The molecule has 0 spiro atoms. The minimum atomic E-state index is 0.275. The monoisotopic (exact) mass is 342 g/mol. The molecule has 0 N–H and O–H groups in total. The van der Waals surface area contributed by atoms with Gasteiger partial charge in [0, 0.05) is 22.4 Å². The summed E-state index contributed by atoms with van der Waals surface area (Å²) >= 11 is 25.1. The number of hydrogen-bond acceptors (Lipinski definition) is 4. The van der Waals surface area contributed by atoms with Crippen LogP contribution in [0.5, 0.6) is 0 Å². The average Bonchev–Trinajstić information content (AvgIpc) is 2.48. The maximum absolute atomic E-state index is 6.30.